The van der Waals surface area contributed by atoms with Crippen molar-refractivity contribution in [2.24, 2.45) is 0 Å². The van der Waals surface area contributed by atoms with Crippen LogP contribution in [0.5, 0.6) is 0 Å². The van der Waals surface area contributed by atoms with Crippen LogP contribution >= 0.6 is 0 Å². The van der Waals surface area contributed by atoms with Crippen molar-refractivity contribution in [3.8, 4) is 0 Å². The van der Waals surface area contributed by atoms with Crippen molar-refractivity contribution in [1.82, 2.24) is 9.80 Å². The molecule has 5 heteroatoms. The van der Waals surface area contributed by atoms with E-state index in [-0.39, 0.29) is 28.9 Å². The van der Waals surface area contributed by atoms with Crippen LogP contribution < -0.4 is 0 Å². The zero-order valence-corrected chi connectivity index (χ0v) is 11.4. The monoisotopic (exact) mass is 262 g/mol. The molecule has 0 aliphatic rings. The predicted octanol–water partition coefficient (Wildman–Crippen LogP) is 0.179. The second-order valence-electron chi connectivity index (χ2n) is 3.42. The van der Waals surface area contributed by atoms with Crippen molar-refractivity contribution in [3.63, 3.8) is 0 Å². The Morgan fingerprint density at radius 2 is 1.00 bits per heavy atom. The Hall–Kier alpha value is 0.334. The van der Waals surface area contributed by atoms with Gasteiger partial charge in [-0.25, -0.2) is 0 Å². The van der Waals surface area contributed by atoms with Gasteiger partial charge in [-0.2, -0.15) is 13.8 Å². The molecule has 2 unspecified atom stereocenters. The van der Waals surface area contributed by atoms with Crippen molar-refractivity contribution in [3.05, 3.63) is 12.8 Å². The van der Waals surface area contributed by atoms with Crippen LogP contribution in [0.2, 0.25) is 0 Å². The molecular weight excluding hydrogens is 239 g/mol. The van der Waals surface area contributed by atoms with Crippen LogP contribution in [0.15, 0.2) is 0 Å². The van der Waals surface area contributed by atoms with Crippen LogP contribution in [-0.2, 0) is 16.5 Å². The summed E-state index contributed by atoms with van der Waals surface area (Å²) >= 11 is 0. The third-order valence-electron chi connectivity index (χ3n) is 1.65. The van der Waals surface area contributed by atoms with Gasteiger partial charge in [0.2, 0.25) is 0 Å². The summed E-state index contributed by atoms with van der Waals surface area (Å²) in [6, 6.07) is 0. The van der Waals surface area contributed by atoms with E-state index in [1.54, 1.807) is 22.6 Å². The van der Waals surface area contributed by atoms with E-state index in [1.807, 2.05) is 42.0 Å². The first-order valence-corrected chi connectivity index (χ1v) is 4.64. The topological polar surface area (TPSA) is 46.9 Å². The van der Waals surface area contributed by atoms with Crippen LogP contribution in [0.3, 0.4) is 0 Å². The smallest absolute Gasteiger partial charge is 0.411 e. The molecule has 0 saturated carbocycles. The van der Waals surface area contributed by atoms with E-state index < -0.39 is 0 Å². The summed E-state index contributed by atoms with van der Waals surface area (Å²) < 4.78 is 0. The molecule has 0 fully saturated rings. The second kappa shape index (κ2) is 12.4. The summed E-state index contributed by atoms with van der Waals surface area (Å²) in [5.74, 6) is 0. The van der Waals surface area contributed by atoms with E-state index in [1.165, 1.54) is 0 Å². The molecule has 0 aromatic rings. The van der Waals surface area contributed by atoms with Gasteiger partial charge in [0.15, 0.2) is 0 Å². The zero-order valence-electron chi connectivity index (χ0n) is 10.4. The molecule has 0 spiro atoms. The normalized spacial score (nSPS) is 14.0. The van der Waals surface area contributed by atoms with Crippen LogP contribution in [-0.4, -0.2) is 60.7 Å². The first-order chi connectivity index (χ1) is 6.36. The molecule has 0 aromatic heterocycles. The molecule has 96 valence electrons. The van der Waals surface area contributed by atoms with E-state index in [0.29, 0.717) is 0 Å². The van der Waals surface area contributed by atoms with Gasteiger partial charge < -0.3 is 20.0 Å². The molecule has 4 nitrogen and oxygen atoms in total. The molecule has 0 radical (unpaired) electrons. The van der Waals surface area contributed by atoms with E-state index in [0.717, 1.165) is 0 Å². The summed E-state index contributed by atoms with van der Waals surface area (Å²) in [5, 5.41) is 17.6. The number of hydrogen-bond donors (Lipinski definition) is 2. The molecule has 0 aliphatic heterocycles. The van der Waals surface area contributed by atoms with Gasteiger partial charge in [-0.3, -0.25) is 12.8 Å². The number of hydrogen-bond acceptors (Lipinski definition) is 4. The first-order valence-electron chi connectivity index (χ1n) is 4.64. The Bertz CT molecular complexity index is 110. The maximum Gasteiger partial charge on any atom is 2.00 e. The fraction of sp³-hybridized carbons (Fsp3) is 0.800. The molecule has 0 bridgehead atoms. The van der Waals surface area contributed by atoms with E-state index in [9.17, 15) is 0 Å². The average Bonchev–Trinajstić information content (AvgIpc) is 2.15. The van der Waals surface area contributed by atoms with Crippen LogP contribution in [0.25, 0.3) is 0 Å². The SMILES string of the molecule is C[CH-]C(O)N(C)C.C[CH-]C(O)N(C)C.[Ni+2]. The summed E-state index contributed by atoms with van der Waals surface area (Å²) in [6.07, 6.45) is 2.67. The van der Waals surface area contributed by atoms with Crippen molar-refractivity contribution in [1.29, 1.82) is 0 Å². The Morgan fingerprint density at radius 3 is 1.00 bits per heavy atom. The van der Waals surface area contributed by atoms with Gasteiger partial charge in [0.05, 0.1) is 0 Å². The Morgan fingerprint density at radius 1 is 0.800 bits per heavy atom. The minimum Gasteiger partial charge on any atom is -0.411 e. The summed E-state index contributed by atoms with van der Waals surface area (Å²) in [5.41, 5.74) is 0. The Balaban J connectivity index is -0.000000180. The third-order valence-corrected chi connectivity index (χ3v) is 1.65. The van der Waals surface area contributed by atoms with Crippen LogP contribution in [0.1, 0.15) is 13.8 Å². The van der Waals surface area contributed by atoms with Crippen molar-refractivity contribution < 1.29 is 26.7 Å². The van der Waals surface area contributed by atoms with Crippen LogP contribution in [0, 0.1) is 12.8 Å². The molecule has 0 aliphatic carbocycles. The van der Waals surface area contributed by atoms with Gasteiger partial charge in [-0.15, -0.1) is 0 Å². The van der Waals surface area contributed by atoms with Gasteiger partial charge >= 0.3 is 16.5 Å². The number of aliphatic hydroxyl groups is 2. The minimum atomic E-state index is -0.389. The summed E-state index contributed by atoms with van der Waals surface area (Å²) in [6.45, 7) is 3.65. The van der Waals surface area contributed by atoms with Crippen molar-refractivity contribution in [2.45, 2.75) is 26.3 Å². The Labute approximate surface area is 104 Å². The fourth-order valence-corrected chi connectivity index (χ4v) is 0.596. The van der Waals surface area contributed by atoms with E-state index >= 15 is 0 Å². The van der Waals surface area contributed by atoms with Crippen molar-refractivity contribution in [2.75, 3.05) is 28.2 Å². The fourth-order valence-electron chi connectivity index (χ4n) is 0.596. The molecule has 0 heterocycles. The number of aliphatic hydroxyl groups excluding tert-OH is 2. The van der Waals surface area contributed by atoms with Crippen LogP contribution in [0.4, 0.5) is 0 Å². The molecular formula is C10H24N2NiO2. The standard InChI is InChI=1S/2C5H12NO.Ni/c2*1-4-5(7)6(2)3;/h2*4-5,7H,1-3H3;/q2*-1;+2. The van der Waals surface area contributed by atoms with Gasteiger partial charge in [0.1, 0.15) is 0 Å². The van der Waals surface area contributed by atoms with Crippen molar-refractivity contribution >= 4 is 0 Å². The average molecular weight is 263 g/mol. The van der Waals surface area contributed by atoms with E-state index in [4.69, 9.17) is 10.2 Å². The van der Waals surface area contributed by atoms with Gasteiger partial charge in [0.25, 0.3) is 0 Å². The minimum absolute atomic E-state index is 0. The van der Waals surface area contributed by atoms with Gasteiger partial charge in [-0.1, -0.05) is 0 Å². The molecule has 0 aromatic carbocycles. The molecule has 15 heavy (non-hydrogen) atoms. The first kappa shape index (κ1) is 20.7. The molecule has 2 atom stereocenters. The quantitative estimate of drug-likeness (QED) is 0.431. The van der Waals surface area contributed by atoms with Gasteiger partial charge in [-0.05, 0) is 40.6 Å². The third kappa shape index (κ3) is 14.3. The largest absolute Gasteiger partial charge is 2.00 e. The van der Waals surface area contributed by atoms with Gasteiger partial charge in [0, 0.05) is 0 Å². The Kier molecular flexibility index (Phi) is 17.1. The maximum atomic E-state index is 8.81. The summed E-state index contributed by atoms with van der Waals surface area (Å²) in [7, 11) is 7.30. The molecule has 0 saturated heterocycles. The number of nitrogens with zero attached hydrogens (tertiary/aromatic N) is 2. The number of rotatable bonds is 4. The second-order valence-corrected chi connectivity index (χ2v) is 3.42. The molecule has 2 N–H and O–H groups in total. The zero-order chi connectivity index (χ0) is 11.7. The maximum absolute atomic E-state index is 8.81. The van der Waals surface area contributed by atoms with E-state index in [2.05, 4.69) is 0 Å². The predicted molar refractivity (Wildman–Crippen MR) is 59.3 cm³/mol. The molecule has 0 rings (SSSR count). The molecule has 0 amide bonds. The summed E-state index contributed by atoms with van der Waals surface area (Å²) in [4.78, 5) is 3.44.